The Morgan fingerprint density at radius 2 is 2.11 bits per heavy atom. The van der Waals surface area contributed by atoms with E-state index >= 15 is 0 Å². The molecule has 104 valence electrons. The smallest absolute Gasteiger partial charge is 0.224 e. The number of nitrogens with one attached hydrogen (secondary N) is 2. The van der Waals surface area contributed by atoms with Crippen LogP contribution in [0.25, 0.3) is 0 Å². The van der Waals surface area contributed by atoms with Crippen LogP contribution >= 0.6 is 0 Å². The first-order valence-electron chi connectivity index (χ1n) is 7.00. The van der Waals surface area contributed by atoms with Gasteiger partial charge in [-0.15, -0.1) is 0 Å². The van der Waals surface area contributed by atoms with Gasteiger partial charge in [0.15, 0.2) is 0 Å². The van der Waals surface area contributed by atoms with Gasteiger partial charge < -0.3 is 16.4 Å². The van der Waals surface area contributed by atoms with Crippen molar-refractivity contribution in [2.24, 2.45) is 5.92 Å². The standard InChI is InChI=1S/C15H23N3O/c1-4-12(9(2)3)17-14-7-10-5-6-15(19)18-13(10)8-11(14)16/h7-9,12,17H,4-6,16H2,1-3H3,(H,18,19). The lowest BCUT2D eigenvalue weighted by Gasteiger charge is -2.25. The molecule has 4 nitrogen and oxygen atoms in total. The summed E-state index contributed by atoms with van der Waals surface area (Å²) in [7, 11) is 0. The van der Waals surface area contributed by atoms with Gasteiger partial charge >= 0.3 is 0 Å². The van der Waals surface area contributed by atoms with Crippen molar-refractivity contribution in [1.29, 1.82) is 0 Å². The average molecular weight is 261 g/mol. The molecule has 0 aliphatic carbocycles. The van der Waals surface area contributed by atoms with Crippen molar-refractivity contribution in [3.8, 4) is 0 Å². The van der Waals surface area contributed by atoms with Gasteiger partial charge in [0, 0.05) is 18.2 Å². The summed E-state index contributed by atoms with van der Waals surface area (Å²) in [6.07, 6.45) is 2.40. The molecule has 4 heteroatoms. The van der Waals surface area contributed by atoms with Crippen LogP contribution in [0.1, 0.15) is 39.2 Å². The number of carbonyl (C=O) groups excluding carboxylic acids is 1. The van der Waals surface area contributed by atoms with Crippen molar-refractivity contribution >= 4 is 23.0 Å². The monoisotopic (exact) mass is 261 g/mol. The van der Waals surface area contributed by atoms with Gasteiger partial charge in [-0.1, -0.05) is 20.8 Å². The molecule has 1 atom stereocenters. The largest absolute Gasteiger partial charge is 0.397 e. The number of amides is 1. The number of aryl methyl sites for hydroxylation is 1. The summed E-state index contributed by atoms with van der Waals surface area (Å²) in [6, 6.07) is 4.36. The number of nitrogens with two attached hydrogens (primary N) is 1. The predicted molar refractivity (Wildman–Crippen MR) is 80.3 cm³/mol. The molecular weight excluding hydrogens is 238 g/mol. The van der Waals surface area contributed by atoms with Gasteiger partial charge in [-0.3, -0.25) is 4.79 Å². The fourth-order valence-corrected chi connectivity index (χ4v) is 2.51. The lowest BCUT2D eigenvalue weighted by molar-refractivity contribution is -0.116. The highest BCUT2D eigenvalue weighted by Gasteiger charge is 2.18. The van der Waals surface area contributed by atoms with Crippen molar-refractivity contribution in [2.75, 3.05) is 16.4 Å². The highest BCUT2D eigenvalue weighted by Crippen LogP contribution is 2.32. The van der Waals surface area contributed by atoms with Crippen molar-refractivity contribution in [1.82, 2.24) is 0 Å². The average Bonchev–Trinajstić information content (AvgIpc) is 2.35. The maximum Gasteiger partial charge on any atom is 0.224 e. The molecule has 0 bridgehead atoms. The molecule has 0 radical (unpaired) electrons. The summed E-state index contributed by atoms with van der Waals surface area (Å²) in [6.45, 7) is 6.58. The second-order valence-electron chi connectivity index (χ2n) is 5.55. The van der Waals surface area contributed by atoms with Crippen LogP contribution in [0.15, 0.2) is 12.1 Å². The Kier molecular flexibility index (Phi) is 3.98. The molecule has 1 aromatic carbocycles. The Morgan fingerprint density at radius 3 is 2.74 bits per heavy atom. The van der Waals surface area contributed by atoms with E-state index in [2.05, 4.69) is 37.5 Å². The molecule has 0 saturated carbocycles. The van der Waals surface area contributed by atoms with Crippen LogP contribution in [0.2, 0.25) is 0 Å². The Hall–Kier alpha value is -1.71. The molecule has 0 spiro atoms. The molecule has 0 saturated heterocycles. The molecule has 1 aliphatic rings. The normalized spacial score (nSPS) is 15.9. The molecule has 0 aromatic heterocycles. The predicted octanol–water partition coefficient (Wildman–Crippen LogP) is 3.00. The van der Waals surface area contributed by atoms with Crippen LogP contribution in [0.4, 0.5) is 17.1 Å². The SMILES string of the molecule is CCC(Nc1cc2c(cc1N)NC(=O)CC2)C(C)C. The zero-order valence-electron chi connectivity index (χ0n) is 11.9. The van der Waals surface area contributed by atoms with E-state index in [1.807, 2.05) is 6.07 Å². The van der Waals surface area contributed by atoms with E-state index in [1.54, 1.807) is 0 Å². The van der Waals surface area contributed by atoms with Crippen LogP contribution in [0.3, 0.4) is 0 Å². The van der Waals surface area contributed by atoms with Crippen molar-refractivity contribution in [2.45, 2.75) is 46.1 Å². The molecule has 2 rings (SSSR count). The summed E-state index contributed by atoms with van der Waals surface area (Å²) in [5, 5.41) is 6.39. The third-order valence-corrected chi connectivity index (χ3v) is 3.76. The van der Waals surface area contributed by atoms with Gasteiger partial charge in [0.05, 0.1) is 11.4 Å². The minimum atomic E-state index is 0.0706. The Labute approximate surface area is 114 Å². The zero-order chi connectivity index (χ0) is 14.0. The van der Waals surface area contributed by atoms with E-state index in [1.165, 1.54) is 0 Å². The fourth-order valence-electron chi connectivity index (χ4n) is 2.51. The van der Waals surface area contributed by atoms with E-state index < -0.39 is 0 Å². The third-order valence-electron chi connectivity index (χ3n) is 3.76. The van der Waals surface area contributed by atoms with E-state index in [9.17, 15) is 4.79 Å². The summed E-state index contributed by atoms with van der Waals surface area (Å²) < 4.78 is 0. The first-order chi connectivity index (χ1) is 9.01. The Morgan fingerprint density at radius 1 is 1.37 bits per heavy atom. The molecule has 1 amide bonds. The third kappa shape index (κ3) is 3.00. The molecule has 4 N–H and O–H groups in total. The number of anilines is 3. The van der Waals surface area contributed by atoms with E-state index in [-0.39, 0.29) is 5.91 Å². The summed E-state index contributed by atoms with van der Waals surface area (Å²) in [5.74, 6) is 0.626. The highest BCUT2D eigenvalue weighted by molar-refractivity contribution is 5.95. The lowest BCUT2D eigenvalue weighted by Crippen LogP contribution is -2.26. The van der Waals surface area contributed by atoms with Crippen LogP contribution in [-0.4, -0.2) is 11.9 Å². The molecular formula is C15H23N3O. The summed E-state index contributed by atoms with van der Waals surface area (Å²) in [4.78, 5) is 11.4. The summed E-state index contributed by atoms with van der Waals surface area (Å²) >= 11 is 0. The van der Waals surface area contributed by atoms with Crippen LogP contribution in [-0.2, 0) is 11.2 Å². The molecule has 1 heterocycles. The van der Waals surface area contributed by atoms with Crippen LogP contribution in [0.5, 0.6) is 0 Å². The molecule has 1 unspecified atom stereocenters. The van der Waals surface area contributed by atoms with Gasteiger partial charge in [0.25, 0.3) is 0 Å². The van der Waals surface area contributed by atoms with E-state index in [4.69, 9.17) is 5.73 Å². The van der Waals surface area contributed by atoms with Crippen LogP contribution in [0, 0.1) is 5.92 Å². The molecule has 1 aromatic rings. The van der Waals surface area contributed by atoms with E-state index in [0.717, 1.165) is 29.8 Å². The zero-order valence-corrected chi connectivity index (χ0v) is 11.9. The number of hydrogen-bond donors (Lipinski definition) is 3. The molecule has 19 heavy (non-hydrogen) atoms. The van der Waals surface area contributed by atoms with E-state index in [0.29, 0.717) is 24.1 Å². The van der Waals surface area contributed by atoms with Gasteiger partial charge in [0.1, 0.15) is 0 Å². The Balaban J connectivity index is 2.25. The number of hydrogen-bond acceptors (Lipinski definition) is 3. The maximum atomic E-state index is 11.4. The second-order valence-corrected chi connectivity index (χ2v) is 5.55. The number of fused-ring (bicyclic) bond motifs is 1. The van der Waals surface area contributed by atoms with Gasteiger partial charge in [-0.25, -0.2) is 0 Å². The molecule has 1 aliphatic heterocycles. The minimum absolute atomic E-state index is 0.0706. The number of nitrogen functional groups attached to an aromatic ring is 1. The van der Waals surface area contributed by atoms with Crippen molar-refractivity contribution < 1.29 is 4.79 Å². The lowest BCUT2D eigenvalue weighted by atomic mass is 9.98. The number of benzene rings is 1. The van der Waals surface area contributed by atoms with Gasteiger partial charge in [-0.2, -0.15) is 0 Å². The topological polar surface area (TPSA) is 67.2 Å². The quantitative estimate of drug-likeness (QED) is 0.730. The van der Waals surface area contributed by atoms with Gasteiger partial charge in [0.2, 0.25) is 5.91 Å². The Bertz CT molecular complexity index is 483. The van der Waals surface area contributed by atoms with Gasteiger partial charge in [-0.05, 0) is 36.5 Å². The first kappa shape index (κ1) is 13.7. The summed E-state index contributed by atoms with van der Waals surface area (Å²) in [5.41, 5.74) is 9.78. The maximum absolute atomic E-state index is 11.4. The number of carbonyl (C=O) groups is 1. The second kappa shape index (κ2) is 5.51. The molecule has 0 fully saturated rings. The van der Waals surface area contributed by atoms with Crippen LogP contribution < -0.4 is 16.4 Å². The number of rotatable bonds is 4. The van der Waals surface area contributed by atoms with Crippen molar-refractivity contribution in [3.63, 3.8) is 0 Å². The van der Waals surface area contributed by atoms with Crippen molar-refractivity contribution in [3.05, 3.63) is 17.7 Å². The minimum Gasteiger partial charge on any atom is -0.397 e. The first-order valence-corrected chi connectivity index (χ1v) is 7.00. The fraction of sp³-hybridized carbons (Fsp3) is 0.533. The highest BCUT2D eigenvalue weighted by atomic mass is 16.1.